The lowest BCUT2D eigenvalue weighted by molar-refractivity contribution is -0.130. The van der Waals surface area contributed by atoms with Gasteiger partial charge in [-0.3, -0.25) is 4.79 Å². The summed E-state index contributed by atoms with van der Waals surface area (Å²) in [5, 5.41) is 3.03. The number of nitrogens with two attached hydrogens (primary N) is 1. The number of aryl methyl sites for hydroxylation is 1. The molecule has 0 bridgehead atoms. The molecule has 118 valence electrons. The highest BCUT2D eigenvalue weighted by Crippen LogP contribution is 2.35. The molecule has 0 spiro atoms. The summed E-state index contributed by atoms with van der Waals surface area (Å²) in [5.74, 6) is 0.109. The van der Waals surface area contributed by atoms with E-state index in [2.05, 4.69) is 36.5 Å². The fraction of sp³-hybridized carbons (Fsp3) is 0.562. The van der Waals surface area contributed by atoms with Crippen LogP contribution in [0.2, 0.25) is 0 Å². The highest BCUT2D eigenvalue weighted by Gasteiger charge is 2.41. The molecular formula is C16H25ClN2O2. The van der Waals surface area contributed by atoms with Crippen LogP contribution in [-0.4, -0.2) is 32.2 Å². The number of hydrogen-bond acceptors (Lipinski definition) is 3. The van der Waals surface area contributed by atoms with Gasteiger partial charge in [0, 0.05) is 19.8 Å². The first-order valence-electron chi connectivity index (χ1n) is 7.32. The zero-order valence-electron chi connectivity index (χ0n) is 12.6. The largest absolute Gasteiger partial charge is 0.381 e. The van der Waals surface area contributed by atoms with E-state index in [1.54, 1.807) is 0 Å². The zero-order valence-corrected chi connectivity index (χ0v) is 13.4. The Balaban J connectivity index is 0.00000220. The number of halogens is 1. The van der Waals surface area contributed by atoms with Gasteiger partial charge in [-0.1, -0.05) is 29.8 Å². The Morgan fingerprint density at radius 3 is 2.48 bits per heavy atom. The molecule has 0 unspecified atom stereocenters. The number of ether oxygens (including phenoxy) is 1. The summed E-state index contributed by atoms with van der Waals surface area (Å²) < 4.78 is 5.45. The molecule has 21 heavy (non-hydrogen) atoms. The first-order valence-corrected chi connectivity index (χ1v) is 7.32. The molecule has 5 heteroatoms. The minimum atomic E-state index is -0.444. The zero-order chi connectivity index (χ0) is 14.4. The van der Waals surface area contributed by atoms with Crippen molar-refractivity contribution in [1.82, 2.24) is 5.32 Å². The molecule has 0 aliphatic carbocycles. The number of benzene rings is 1. The maximum atomic E-state index is 12.7. The van der Waals surface area contributed by atoms with E-state index in [0.717, 1.165) is 24.8 Å². The van der Waals surface area contributed by atoms with Gasteiger partial charge in [0.25, 0.3) is 0 Å². The quantitative estimate of drug-likeness (QED) is 0.817. The molecule has 1 aliphatic rings. The highest BCUT2D eigenvalue weighted by atomic mass is 35.5. The van der Waals surface area contributed by atoms with Crippen LogP contribution < -0.4 is 11.1 Å². The van der Waals surface area contributed by atoms with Crippen molar-refractivity contribution < 1.29 is 9.53 Å². The molecule has 1 amide bonds. The summed E-state index contributed by atoms with van der Waals surface area (Å²) in [5.41, 5.74) is 7.34. The van der Waals surface area contributed by atoms with Crippen LogP contribution in [0.5, 0.6) is 0 Å². The van der Waals surface area contributed by atoms with Crippen molar-refractivity contribution in [3.63, 3.8) is 0 Å². The summed E-state index contributed by atoms with van der Waals surface area (Å²) >= 11 is 0. The van der Waals surface area contributed by atoms with E-state index in [0.29, 0.717) is 26.3 Å². The van der Waals surface area contributed by atoms with E-state index in [-0.39, 0.29) is 18.3 Å². The van der Waals surface area contributed by atoms with Gasteiger partial charge in [-0.2, -0.15) is 0 Å². The third-order valence-electron chi connectivity index (χ3n) is 4.05. The summed E-state index contributed by atoms with van der Waals surface area (Å²) in [4.78, 5) is 12.7. The molecule has 0 saturated carbocycles. The predicted octanol–water partition coefficient (Wildman–Crippen LogP) is 1.93. The minimum Gasteiger partial charge on any atom is -0.381 e. The number of hydrogen-bond donors (Lipinski definition) is 2. The van der Waals surface area contributed by atoms with Gasteiger partial charge < -0.3 is 15.8 Å². The second-order valence-corrected chi connectivity index (χ2v) is 5.46. The smallest absolute Gasteiger partial charge is 0.230 e. The Morgan fingerprint density at radius 2 is 1.90 bits per heavy atom. The topological polar surface area (TPSA) is 64.4 Å². The molecule has 1 fully saturated rings. The maximum absolute atomic E-state index is 12.7. The number of amides is 1. The molecule has 3 N–H and O–H groups in total. The molecule has 2 rings (SSSR count). The Morgan fingerprint density at radius 1 is 1.29 bits per heavy atom. The van der Waals surface area contributed by atoms with E-state index in [9.17, 15) is 4.79 Å². The van der Waals surface area contributed by atoms with Gasteiger partial charge in [0.2, 0.25) is 5.91 Å². The van der Waals surface area contributed by atoms with Gasteiger partial charge in [0.15, 0.2) is 0 Å². The van der Waals surface area contributed by atoms with Crippen LogP contribution in [-0.2, 0) is 14.9 Å². The third kappa shape index (κ3) is 4.19. The second-order valence-electron chi connectivity index (χ2n) is 5.46. The molecule has 1 aromatic carbocycles. The molecular weight excluding hydrogens is 288 g/mol. The number of carbonyl (C=O) groups is 1. The lowest BCUT2D eigenvalue weighted by Gasteiger charge is -2.36. The van der Waals surface area contributed by atoms with Gasteiger partial charge >= 0.3 is 0 Å². The van der Waals surface area contributed by atoms with Crippen LogP contribution in [0.3, 0.4) is 0 Å². The average Bonchev–Trinajstić information content (AvgIpc) is 2.49. The molecule has 1 aromatic rings. The van der Waals surface area contributed by atoms with Crippen LogP contribution >= 0.6 is 12.4 Å². The molecule has 0 radical (unpaired) electrons. The van der Waals surface area contributed by atoms with Crippen molar-refractivity contribution in [3.8, 4) is 0 Å². The van der Waals surface area contributed by atoms with Gasteiger partial charge in [0.05, 0.1) is 5.41 Å². The fourth-order valence-corrected chi connectivity index (χ4v) is 2.71. The maximum Gasteiger partial charge on any atom is 0.230 e. The van der Waals surface area contributed by atoms with Crippen molar-refractivity contribution in [2.24, 2.45) is 5.73 Å². The van der Waals surface area contributed by atoms with E-state index < -0.39 is 5.41 Å². The second kappa shape index (κ2) is 8.37. The summed E-state index contributed by atoms with van der Waals surface area (Å²) in [6.45, 7) is 4.57. The molecule has 4 nitrogen and oxygen atoms in total. The van der Waals surface area contributed by atoms with Crippen LogP contribution in [0.15, 0.2) is 24.3 Å². The van der Waals surface area contributed by atoms with Gasteiger partial charge in [0.1, 0.15) is 0 Å². The monoisotopic (exact) mass is 312 g/mol. The number of carbonyl (C=O) groups excluding carboxylic acids is 1. The minimum absolute atomic E-state index is 0. The fourth-order valence-electron chi connectivity index (χ4n) is 2.71. The summed E-state index contributed by atoms with van der Waals surface area (Å²) in [6.07, 6.45) is 2.29. The Labute approximate surface area is 132 Å². The SMILES string of the molecule is Cc1ccc(C2(C(=O)NCCCN)CCOCC2)cc1.Cl. The Kier molecular flexibility index (Phi) is 7.15. The van der Waals surface area contributed by atoms with Crippen molar-refractivity contribution in [3.05, 3.63) is 35.4 Å². The number of nitrogens with one attached hydrogen (secondary N) is 1. The van der Waals surface area contributed by atoms with Gasteiger partial charge in [-0.05, 0) is 38.3 Å². The van der Waals surface area contributed by atoms with Crippen molar-refractivity contribution >= 4 is 18.3 Å². The first-order chi connectivity index (χ1) is 9.69. The molecule has 1 heterocycles. The third-order valence-corrected chi connectivity index (χ3v) is 4.05. The standard InChI is InChI=1S/C16H24N2O2.ClH/c1-13-3-5-14(6-4-13)16(7-11-20-12-8-16)15(19)18-10-2-9-17;/h3-6H,2,7-12,17H2,1H3,(H,18,19);1H. The summed E-state index contributed by atoms with van der Waals surface area (Å²) in [7, 11) is 0. The van der Waals surface area contributed by atoms with Gasteiger partial charge in [-0.25, -0.2) is 0 Å². The van der Waals surface area contributed by atoms with Crippen LogP contribution in [0.25, 0.3) is 0 Å². The normalized spacial score (nSPS) is 16.9. The van der Waals surface area contributed by atoms with E-state index in [1.807, 2.05) is 0 Å². The van der Waals surface area contributed by atoms with Crippen LogP contribution in [0.1, 0.15) is 30.4 Å². The Bertz CT molecular complexity index is 442. The predicted molar refractivity (Wildman–Crippen MR) is 86.8 cm³/mol. The first kappa shape index (κ1) is 18.0. The van der Waals surface area contributed by atoms with E-state index >= 15 is 0 Å². The lowest BCUT2D eigenvalue weighted by Crippen LogP contribution is -2.48. The molecule has 0 atom stereocenters. The molecule has 1 saturated heterocycles. The molecule has 0 aromatic heterocycles. The van der Waals surface area contributed by atoms with Gasteiger partial charge in [-0.15, -0.1) is 12.4 Å². The molecule has 1 aliphatic heterocycles. The van der Waals surface area contributed by atoms with Crippen LogP contribution in [0, 0.1) is 6.92 Å². The number of rotatable bonds is 5. The van der Waals surface area contributed by atoms with Crippen molar-refractivity contribution in [1.29, 1.82) is 0 Å². The lowest BCUT2D eigenvalue weighted by atomic mass is 9.73. The van der Waals surface area contributed by atoms with E-state index in [1.165, 1.54) is 5.56 Å². The Hall–Kier alpha value is -1.10. The van der Waals surface area contributed by atoms with Crippen molar-refractivity contribution in [2.75, 3.05) is 26.3 Å². The van der Waals surface area contributed by atoms with Crippen LogP contribution in [0.4, 0.5) is 0 Å². The highest BCUT2D eigenvalue weighted by molar-refractivity contribution is 5.88. The summed E-state index contributed by atoms with van der Waals surface area (Å²) in [6, 6.07) is 8.28. The average molecular weight is 313 g/mol. The van der Waals surface area contributed by atoms with Crippen molar-refractivity contribution in [2.45, 2.75) is 31.6 Å². The van der Waals surface area contributed by atoms with E-state index in [4.69, 9.17) is 10.5 Å².